The number of benzene rings is 2. The van der Waals surface area contributed by atoms with Crippen LogP contribution in [0.15, 0.2) is 65.6 Å². The quantitative estimate of drug-likeness (QED) is 0.547. The van der Waals surface area contributed by atoms with Crippen LogP contribution in [-0.4, -0.2) is 49.1 Å². The van der Waals surface area contributed by atoms with Crippen molar-refractivity contribution in [3.8, 4) is 11.3 Å². The van der Waals surface area contributed by atoms with Crippen LogP contribution in [0.5, 0.6) is 0 Å². The number of rotatable bonds is 4. The van der Waals surface area contributed by atoms with Gasteiger partial charge in [-0.1, -0.05) is 6.07 Å². The van der Waals surface area contributed by atoms with E-state index in [4.69, 9.17) is 0 Å². The van der Waals surface area contributed by atoms with Gasteiger partial charge < -0.3 is 4.90 Å². The van der Waals surface area contributed by atoms with Crippen molar-refractivity contribution in [1.29, 1.82) is 0 Å². The molecule has 4 rings (SSSR count). The second kappa shape index (κ2) is 8.47. The standard InChI is InChI=1S/C21H18F4N4O2S/c22-17-6-4-15(5-7-17)19-8-9-20(27-26-19)28-10-12-29(13-11-28)32(30,31)18-3-1-2-16(14-18)21(23,24)25/h1-9,14H,10-13H2. The smallest absolute Gasteiger partial charge is 0.352 e. The predicted octanol–water partition coefficient (Wildman–Crippen LogP) is 3.81. The Hall–Kier alpha value is -3.05. The number of hydrogen-bond acceptors (Lipinski definition) is 5. The van der Waals surface area contributed by atoms with Gasteiger partial charge in [-0.2, -0.15) is 17.5 Å². The topological polar surface area (TPSA) is 66.4 Å². The van der Waals surface area contributed by atoms with Crippen LogP contribution < -0.4 is 4.90 Å². The minimum atomic E-state index is -4.62. The first-order chi connectivity index (χ1) is 15.1. The zero-order valence-electron chi connectivity index (χ0n) is 16.6. The van der Waals surface area contributed by atoms with Gasteiger partial charge in [-0.05, 0) is 54.6 Å². The van der Waals surface area contributed by atoms with Gasteiger partial charge in [-0.15, -0.1) is 10.2 Å². The van der Waals surface area contributed by atoms with E-state index < -0.39 is 21.8 Å². The Kier molecular flexibility index (Phi) is 5.87. The summed E-state index contributed by atoms with van der Waals surface area (Å²) in [6.45, 7) is 0.811. The molecule has 0 radical (unpaired) electrons. The lowest BCUT2D eigenvalue weighted by atomic mass is 10.1. The molecular weight excluding hydrogens is 448 g/mol. The maximum atomic E-state index is 13.1. The van der Waals surface area contributed by atoms with Crippen LogP contribution in [0.3, 0.4) is 0 Å². The van der Waals surface area contributed by atoms with E-state index in [1.54, 1.807) is 24.3 Å². The van der Waals surface area contributed by atoms with Gasteiger partial charge in [0.1, 0.15) is 5.82 Å². The lowest BCUT2D eigenvalue weighted by Gasteiger charge is -2.34. The van der Waals surface area contributed by atoms with E-state index in [1.807, 2.05) is 4.90 Å². The summed E-state index contributed by atoms with van der Waals surface area (Å²) < 4.78 is 78.7. The molecule has 0 atom stereocenters. The van der Waals surface area contributed by atoms with Crippen molar-refractivity contribution in [2.45, 2.75) is 11.1 Å². The molecule has 168 valence electrons. The van der Waals surface area contributed by atoms with Crippen molar-refractivity contribution < 1.29 is 26.0 Å². The molecule has 2 aromatic carbocycles. The van der Waals surface area contributed by atoms with Crippen molar-refractivity contribution in [2.75, 3.05) is 31.1 Å². The second-order valence-corrected chi connectivity index (χ2v) is 9.14. The summed E-state index contributed by atoms with van der Waals surface area (Å²) in [7, 11) is -4.06. The number of piperazine rings is 1. The van der Waals surface area contributed by atoms with Crippen LogP contribution in [0.4, 0.5) is 23.4 Å². The Bertz CT molecular complexity index is 1190. The summed E-state index contributed by atoms with van der Waals surface area (Å²) in [6.07, 6.45) is -4.62. The fourth-order valence-electron chi connectivity index (χ4n) is 3.41. The fourth-order valence-corrected chi connectivity index (χ4v) is 4.88. The summed E-state index contributed by atoms with van der Waals surface area (Å²) in [5.74, 6) is 0.197. The van der Waals surface area contributed by atoms with Crippen LogP contribution >= 0.6 is 0 Å². The van der Waals surface area contributed by atoms with E-state index in [-0.39, 0.29) is 23.8 Å². The molecule has 3 aromatic rings. The van der Waals surface area contributed by atoms with E-state index >= 15 is 0 Å². The van der Waals surface area contributed by atoms with Gasteiger partial charge in [-0.3, -0.25) is 0 Å². The van der Waals surface area contributed by atoms with E-state index in [0.29, 0.717) is 36.2 Å². The highest BCUT2D eigenvalue weighted by Gasteiger charge is 2.34. The molecule has 6 nitrogen and oxygen atoms in total. The van der Waals surface area contributed by atoms with Crippen LogP contribution in [0.1, 0.15) is 5.56 Å². The molecule has 0 amide bonds. The number of hydrogen-bond donors (Lipinski definition) is 0. The molecule has 2 heterocycles. The Labute approximate surface area is 182 Å². The van der Waals surface area contributed by atoms with Gasteiger partial charge in [0.25, 0.3) is 0 Å². The summed E-state index contributed by atoms with van der Waals surface area (Å²) >= 11 is 0. The lowest BCUT2D eigenvalue weighted by molar-refractivity contribution is -0.137. The zero-order chi connectivity index (χ0) is 22.9. The van der Waals surface area contributed by atoms with E-state index in [9.17, 15) is 26.0 Å². The van der Waals surface area contributed by atoms with Gasteiger partial charge in [0.15, 0.2) is 5.82 Å². The first-order valence-corrected chi connectivity index (χ1v) is 11.1. The number of aromatic nitrogens is 2. The van der Waals surface area contributed by atoms with Crippen LogP contribution in [0.25, 0.3) is 11.3 Å². The van der Waals surface area contributed by atoms with Crippen LogP contribution in [-0.2, 0) is 16.2 Å². The first kappa shape index (κ1) is 22.2. The summed E-state index contributed by atoms with van der Waals surface area (Å²) in [5, 5.41) is 8.32. The highest BCUT2D eigenvalue weighted by atomic mass is 32.2. The largest absolute Gasteiger partial charge is 0.416 e. The monoisotopic (exact) mass is 466 g/mol. The number of sulfonamides is 1. The first-order valence-electron chi connectivity index (χ1n) is 9.67. The van der Waals surface area contributed by atoms with Crippen molar-refractivity contribution >= 4 is 15.8 Å². The summed E-state index contributed by atoms with van der Waals surface area (Å²) in [5.41, 5.74) is 0.274. The van der Waals surface area contributed by atoms with Crippen molar-refractivity contribution in [3.63, 3.8) is 0 Å². The molecule has 0 N–H and O–H groups in total. The zero-order valence-corrected chi connectivity index (χ0v) is 17.4. The van der Waals surface area contributed by atoms with Gasteiger partial charge in [-0.25, -0.2) is 12.8 Å². The predicted molar refractivity (Wildman–Crippen MR) is 110 cm³/mol. The third-order valence-corrected chi connectivity index (χ3v) is 7.05. The van der Waals surface area contributed by atoms with Crippen LogP contribution in [0, 0.1) is 5.82 Å². The maximum Gasteiger partial charge on any atom is 0.416 e. The molecule has 1 fully saturated rings. The third kappa shape index (κ3) is 4.58. The highest BCUT2D eigenvalue weighted by Crippen LogP contribution is 2.31. The normalized spacial score (nSPS) is 15.7. The Morgan fingerprint density at radius 3 is 2.12 bits per heavy atom. The average Bonchev–Trinajstić information content (AvgIpc) is 2.79. The molecule has 0 bridgehead atoms. The van der Waals surface area contributed by atoms with Gasteiger partial charge in [0.05, 0.1) is 16.2 Å². The lowest BCUT2D eigenvalue weighted by Crippen LogP contribution is -2.49. The molecule has 0 aliphatic carbocycles. The number of anilines is 1. The Morgan fingerprint density at radius 1 is 0.844 bits per heavy atom. The molecule has 1 aliphatic rings. The minimum Gasteiger partial charge on any atom is -0.352 e. The summed E-state index contributed by atoms with van der Waals surface area (Å²) in [4.78, 5) is 1.46. The second-order valence-electron chi connectivity index (χ2n) is 7.20. The molecule has 32 heavy (non-hydrogen) atoms. The highest BCUT2D eigenvalue weighted by molar-refractivity contribution is 7.89. The molecule has 11 heteroatoms. The van der Waals surface area contributed by atoms with E-state index in [1.165, 1.54) is 16.4 Å². The molecule has 1 aliphatic heterocycles. The van der Waals surface area contributed by atoms with E-state index in [2.05, 4.69) is 10.2 Å². The molecule has 0 saturated carbocycles. The van der Waals surface area contributed by atoms with E-state index in [0.717, 1.165) is 18.2 Å². The number of alkyl halides is 3. The van der Waals surface area contributed by atoms with Crippen LogP contribution in [0.2, 0.25) is 0 Å². The molecule has 0 unspecified atom stereocenters. The molecule has 1 saturated heterocycles. The van der Waals surface area contributed by atoms with Crippen molar-refractivity contribution in [2.24, 2.45) is 0 Å². The fraction of sp³-hybridized carbons (Fsp3) is 0.238. The van der Waals surface area contributed by atoms with Crippen molar-refractivity contribution in [1.82, 2.24) is 14.5 Å². The van der Waals surface area contributed by atoms with Gasteiger partial charge >= 0.3 is 6.18 Å². The Balaban J connectivity index is 1.44. The van der Waals surface area contributed by atoms with Gasteiger partial charge in [0.2, 0.25) is 10.0 Å². The molecule has 1 aromatic heterocycles. The Morgan fingerprint density at radius 2 is 1.53 bits per heavy atom. The summed E-state index contributed by atoms with van der Waals surface area (Å²) in [6, 6.07) is 13.1. The number of nitrogens with zero attached hydrogens (tertiary/aromatic N) is 4. The van der Waals surface area contributed by atoms with Gasteiger partial charge in [0, 0.05) is 31.7 Å². The number of halogens is 4. The molecular formula is C21H18F4N4O2S. The average molecular weight is 466 g/mol. The third-order valence-electron chi connectivity index (χ3n) is 5.15. The van der Waals surface area contributed by atoms with Crippen molar-refractivity contribution in [3.05, 3.63) is 72.0 Å². The minimum absolute atomic E-state index is 0.0972. The molecule has 0 spiro atoms. The maximum absolute atomic E-state index is 13.1. The SMILES string of the molecule is O=S(=O)(c1cccc(C(F)(F)F)c1)N1CCN(c2ccc(-c3ccc(F)cc3)nn2)CC1.